The second kappa shape index (κ2) is 7.80. The summed E-state index contributed by atoms with van der Waals surface area (Å²) in [4.78, 5) is 32.3. The monoisotopic (exact) mass is 366 g/mol. The molecule has 3 atom stereocenters. The number of carbonyl (C=O) groups excluding carboxylic acids is 2. The third kappa shape index (κ3) is 4.19. The maximum Gasteiger partial charge on any atom is 0.308 e. The minimum absolute atomic E-state index is 0.123. The van der Waals surface area contributed by atoms with E-state index in [1.807, 2.05) is 0 Å². The van der Waals surface area contributed by atoms with Crippen LogP contribution in [-0.2, 0) is 22.5 Å². The molecule has 8 heteroatoms. The Balaban J connectivity index is 1.58. The summed E-state index contributed by atoms with van der Waals surface area (Å²) in [6.45, 7) is 4.01. The maximum atomic E-state index is 12.6. The van der Waals surface area contributed by atoms with Crippen molar-refractivity contribution in [2.24, 2.45) is 11.7 Å². The van der Waals surface area contributed by atoms with Gasteiger partial charge in [-0.25, -0.2) is 4.98 Å². The van der Waals surface area contributed by atoms with Gasteiger partial charge in [0, 0.05) is 36.5 Å². The van der Waals surface area contributed by atoms with Gasteiger partial charge in [0.25, 0.3) is 5.91 Å². The Kier molecular flexibility index (Phi) is 5.71. The van der Waals surface area contributed by atoms with Crippen molar-refractivity contribution in [3.63, 3.8) is 0 Å². The molecule has 0 aromatic carbocycles. The number of nitrogens with zero attached hydrogens (tertiary/aromatic N) is 2. The van der Waals surface area contributed by atoms with E-state index in [0.29, 0.717) is 30.9 Å². The van der Waals surface area contributed by atoms with Gasteiger partial charge in [0.2, 0.25) is 0 Å². The summed E-state index contributed by atoms with van der Waals surface area (Å²) in [6, 6.07) is -0.366. The zero-order chi connectivity index (χ0) is 18.0. The van der Waals surface area contributed by atoms with E-state index in [1.54, 1.807) is 6.92 Å². The number of fused-ring (bicyclic) bond motifs is 1. The van der Waals surface area contributed by atoms with Crippen molar-refractivity contribution in [2.45, 2.75) is 51.2 Å². The number of nitrogens with two attached hydrogens (primary N) is 1. The lowest BCUT2D eigenvalue weighted by molar-refractivity contribution is -0.149. The fourth-order valence-electron chi connectivity index (χ4n) is 3.51. The molecular weight excluding hydrogens is 340 g/mol. The minimum Gasteiger partial charge on any atom is -0.466 e. The molecule has 0 unspecified atom stereocenters. The summed E-state index contributed by atoms with van der Waals surface area (Å²) < 4.78 is 5.08. The fraction of sp³-hybridized carbons (Fsp3) is 0.706. The second-order valence-electron chi connectivity index (χ2n) is 6.88. The lowest BCUT2D eigenvalue weighted by atomic mass is 9.82. The molecule has 0 radical (unpaired) electrons. The minimum atomic E-state index is -0.243. The lowest BCUT2D eigenvalue weighted by Gasteiger charge is -2.33. The standard InChI is InChI=1S/C17H26N4O3S/c1-3-24-17(23)10-4-5-12(11(18)8-10)19-15(22)16-20-13-6-7-21(2)9-14(13)25-16/h10-12H,3-9,18H2,1-2H3,(H,19,22)/t10-,11+,12-/m1/s1. The van der Waals surface area contributed by atoms with Gasteiger partial charge in [-0.05, 0) is 33.2 Å². The summed E-state index contributed by atoms with van der Waals surface area (Å²) in [5, 5.41) is 3.53. The van der Waals surface area contributed by atoms with E-state index < -0.39 is 0 Å². The van der Waals surface area contributed by atoms with Crippen molar-refractivity contribution in [3.8, 4) is 0 Å². The van der Waals surface area contributed by atoms with Crippen LogP contribution >= 0.6 is 11.3 Å². The topological polar surface area (TPSA) is 97.5 Å². The van der Waals surface area contributed by atoms with Crippen LogP contribution in [0.3, 0.4) is 0 Å². The molecule has 1 aromatic rings. The Morgan fingerprint density at radius 1 is 1.44 bits per heavy atom. The normalized spacial score (nSPS) is 26.8. The molecular formula is C17H26N4O3S. The van der Waals surface area contributed by atoms with Crippen LogP contribution in [0.15, 0.2) is 0 Å². The third-order valence-corrected chi connectivity index (χ3v) is 6.03. The van der Waals surface area contributed by atoms with Crippen LogP contribution in [0.1, 0.15) is 46.6 Å². The Labute approximate surface area is 151 Å². The lowest BCUT2D eigenvalue weighted by Crippen LogP contribution is -2.52. The SMILES string of the molecule is CCOC(=O)[C@@H]1CC[C@@H](NC(=O)c2nc3c(s2)CN(C)CC3)[C@@H](N)C1. The number of thiazole rings is 1. The number of aromatic nitrogens is 1. The predicted molar refractivity (Wildman–Crippen MR) is 95.4 cm³/mol. The molecule has 2 aliphatic rings. The van der Waals surface area contributed by atoms with E-state index in [4.69, 9.17) is 10.5 Å². The average Bonchev–Trinajstić information content (AvgIpc) is 3.00. The van der Waals surface area contributed by atoms with Crippen LogP contribution < -0.4 is 11.1 Å². The van der Waals surface area contributed by atoms with E-state index >= 15 is 0 Å². The third-order valence-electron chi connectivity index (χ3n) is 4.95. The van der Waals surface area contributed by atoms with Crippen molar-refractivity contribution in [1.29, 1.82) is 0 Å². The number of hydrogen-bond acceptors (Lipinski definition) is 7. The van der Waals surface area contributed by atoms with Gasteiger partial charge in [0.1, 0.15) is 0 Å². The number of amides is 1. The van der Waals surface area contributed by atoms with E-state index in [2.05, 4.69) is 22.2 Å². The van der Waals surface area contributed by atoms with Crippen molar-refractivity contribution in [3.05, 3.63) is 15.6 Å². The van der Waals surface area contributed by atoms with Gasteiger partial charge in [-0.1, -0.05) is 0 Å². The van der Waals surface area contributed by atoms with E-state index in [-0.39, 0.29) is 29.9 Å². The molecule has 1 aliphatic carbocycles. The van der Waals surface area contributed by atoms with Crippen LogP contribution in [0.5, 0.6) is 0 Å². The Morgan fingerprint density at radius 3 is 2.96 bits per heavy atom. The Bertz CT molecular complexity index is 648. The molecule has 138 valence electrons. The quantitative estimate of drug-likeness (QED) is 0.769. The molecule has 3 N–H and O–H groups in total. The van der Waals surface area contributed by atoms with Gasteiger partial charge >= 0.3 is 5.97 Å². The first-order chi connectivity index (χ1) is 12.0. The highest BCUT2D eigenvalue weighted by atomic mass is 32.1. The molecule has 0 bridgehead atoms. The summed E-state index contributed by atoms with van der Waals surface area (Å²) in [7, 11) is 2.07. The molecule has 2 heterocycles. The zero-order valence-corrected chi connectivity index (χ0v) is 15.6. The molecule has 7 nitrogen and oxygen atoms in total. The van der Waals surface area contributed by atoms with E-state index in [0.717, 1.165) is 25.2 Å². The molecule has 1 saturated carbocycles. The molecule has 1 amide bonds. The van der Waals surface area contributed by atoms with Crippen LogP contribution in [-0.4, -0.2) is 54.0 Å². The summed E-state index contributed by atoms with van der Waals surface area (Å²) in [6.07, 6.45) is 2.81. The van der Waals surface area contributed by atoms with Gasteiger partial charge in [-0.3, -0.25) is 9.59 Å². The molecule has 1 aliphatic heterocycles. The fourth-order valence-corrected chi connectivity index (χ4v) is 4.60. The molecule has 1 fully saturated rings. The average molecular weight is 366 g/mol. The van der Waals surface area contributed by atoms with Gasteiger partial charge in [0.15, 0.2) is 5.01 Å². The summed E-state index contributed by atoms with van der Waals surface area (Å²) in [5.41, 5.74) is 7.24. The van der Waals surface area contributed by atoms with Crippen LogP contribution in [0.2, 0.25) is 0 Å². The smallest absolute Gasteiger partial charge is 0.308 e. The van der Waals surface area contributed by atoms with E-state index in [1.165, 1.54) is 16.2 Å². The van der Waals surface area contributed by atoms with E-state index in [9.17, 15) is 9.59 Å². The maximum absolute atomic E-state index is 12.6. The largest absolute Gasteiger partial charge is 0.466 e. The second-order valence-corrected chi connectivity index (χ2v) is 7.97. The Morgan fingerprint density at radius 2 is 2.24 bits per heavy atom. The summed E-state index contributed by atoms with van der Waals surface area (Å²) in [5.74, 6) is -0.498. The highest BCUT2D eigenvalue weighted by Gasteiger charge is 2.34. The highest BCUT2D eigenvalue weighted by molar-refractivity contribution is 7.13. The molecule has 25 heavy (non-hydrogen) atoms. The first-order valence-electron chi connectivity index (χ1n) is 8.88. The Hall–Kier alpha value is -1.51. The van der Waals surface area contributed by atoms with Gasteiger partial charge in [-0.15, -0.1) is 11.3 Å². The number of esters is 1. The number of rotatable bonds is 4. The zero-order valence-electron chi connectivity index (χ0n) is 14.8. The van der Waals surface area contributed by atoms with Crippen LogP contribution in [0, 0.1) is 5.92 Å². The van der Waals surface area contributed by atoms with Crippen molar-refractivity contribution >= 4 is 23.2 Å². The molecule has 0 saturated heterocycles. The number of ether oxygens (including phenoxy) is 1. The number of likely N-dealkylation sites (N-methyl/N-ethyl adjacent to an activating group) is 1. The summed E-state index contributed by atoms with van der Waals surface area (Å²) >= 11 is 1.47. The first-order valence-corrected chi connectivity index (χ1v) is 9.69. The number of nitrogens with one attached hydrogen (secondary N) is 1. The number of hydrogen-bond donors (Lipinski definition) is 2. The highest BCUT2D eigenvalue weighted by Crippen LogP contribution is 2.27. The van der Waals surface area contributed by atoms with Gasteiger partial charge in [0.05, 0.1) is 18.2 Å². The van der Waals surface area contributed by atoms with Crippen molar-refractivity contribution in [1.82, 2.24) is 15.2 Å². The van der Waals surface area contributed by atoms with Crippen LogP contribution in [0.4, 0.5) is 0 Å². The number of carbonyl (C=O) groups is 2. The predicted octanol–water partition coefficient (Wildman–Crippen LogP) is 0.920. The van der Waals surface area contributed by atoms with Crippen LogP contribution in [0.25, 0.3) is 0 Å². The van der Waals surface area contributed by atoms with Gasteiger partial charge < -0.3 is 20.7 Å². The van der Waals surface area contributed by atoms with Gasteiger partial charge in [-0.2, -0.15) is 0 Å². The molecule has 1 aromatic heterocycles. The molecule has 3 rings (SSSR count). The van der Waals surface area contributed by atoms with Crippen molar-refractivity contribution < 1.29 is 14.3 Å². The van der Waals surface area contributed by atoms with Crippen molar-refractivity contribution in [2.75, 3.05) is 20.2 Å². The molecule has 0 spiro atoms. The first kappa shape index (κ1) is 18.3.